The second-order valence-corrected chi connectivity index (χ2v) is 6.52. The lowest BCUT2D eigenvalue weighted by Gasteiger charge is -2.24. The van der Waals surface area contributed by atoms with E-state index in [0.717, 1.165) is 29.1 Å². The number of benzene rings is 1. The van der Waals surface area contributed by atoms with E-state index < -0.39 is 0 Å². The molecule has 2 aromatic rings. The zero-order chi connectivity index (χ0) is 18.7. The smallest absolute Gasteiger partial charge is 0.257 e. The van der Waals surface area contributed by atoms with E-state index in [1.165, 1.54) is 0 Å². The molecule has 0 radical (unpaired) electrons. The summed E-state index contributed by atoms with van der Waals surface area (Å²) >= 11 is 0. The first-order valence-electron chi connectivity index (χ1n) is 8.59. The molecule has 0 atom stereocenters. The number of para-hydroxylation sites is 1. The first kappa shape index (κ1) is 17.7. The van der Waals surface area contributed by atoms with Crippen molar-refractivity contribution in [1.82, 2.24) is 9.88 Å². The average Bonchev–Trinajstić information content (AvgIpc) is 3.13. The number of ether oxygens (including phenoxy) is 1. The summed E-state index contributed by atoms with van der Waals surface area (Å²) < 4.78 is 5.64. The fourth-order valence-electron chi connectivity index (χ4n) is 3.13. The van der Waals surface area contributed by atoms with Crippen LogP contribution in [-0.4, -0.2) is 49.6 Å². The molecule has 26 heavy (non-hydrogen) atoms. The van der Waals surface area contributed by atoms with E-state index in [2.05, 4.69) is 11.1 Å². The van der Waals surface area contributed by atoms with E-state index in [-0.39, 0.29) is 5.91 Å². The van der Waals surface area contributed by atoms with E-state index in [0.29, 0.717) is 30.8 Å². The van der Waals surface area contributed by atoms with E-state index in [9.17, 15) is 4.79 Å². The minimum absolute atomic E-state index is 0.0401. The maximum Gasteiger partial charge on any atom is 0.257 e. The molecule has 0 N–H and O–H groups in total. The van der Waals surface area contributed by atoms with Crippen molar-refractivity contribution in [2.24, 2.45) is 0 Å². The highest BCUT2D eigenvalue weighted by molar-refractivity contribution is 5.97. The van der Waals surface area contributed by atoms with Gasteiger partial charge < -0.3 is 14.5 Å². The number of carbonyl (C=O) groups is 1. The van der Waals surface area contributed by atoms with Gasteiger partial charge in [0.2, 0.25) is 0 Å². The van der Waals surface area contributed by atoms with E-state index in [4.69, 9.17) is 10.00 Å². The zero-order valence-electron chi connectivity index (χ0n) is 15.3. The van der Waals surface area contributed by atoms with Gasteiger partial charge >= 0.3 is 0 Å². The number of likely N-dealkylation sites (N-methyl/N-ethyl adjacent to an activating group) is 2. The van der Waals surface area contributed by atoms with Gasteiger partial charge in [0.15, 0.2) is 0 Å². The van der Waals surface area contributed by atoms with Crippen molar-refractivity contribution in [1.29, 1.82) is 5.26 Å². The molecule has 0 saturated heterocycles. The van der Waals surface area contributed by atoms with Gasteiger partial charge in [0, 0.05) is 39.8 Å². The quantitative estimate of drug-likeness (QED) is 0.828. The summed E-state index contributed by atoms with van der Waals surface area (Å²) in [5.74, 6) is 1.50. The number of aryl methyl sites for hydroxylation is 1. The Hall–Kier alpha value is -3.07. The number of hydrogen-bond acceptors (Lipinski definition) is 5. The first-order valence-corrected chi connectivity index (χ1v) is 8.59. The summed E-state index contributed by atoms with van der Waals surface area (Å²) in [6, 6.07) is 9.64. The normalized spacial score (nSPS) is 12.1. The van der Waals surface area contributed by atoms with Crippen LogP contribution in [0.1, 0.15) is 27.0 Å². The summed E-state index contributed by atoms with van der Waals surface area (Å²) in [6.07, 6.45) is 2.42. The fourth-order valence-corrected chi connectivity index (χ4v) is 3.13. The molecule has 6 heteroatoms. The van der Waals surface area contributed by atoms with Crippen LogP contribution in [-0.2, 0) is 6.42 Å². The van der Waals surface area contributed by atoms with Gasteiger partial charge in [0.1, 0.15) is 17.6 Å². The van der Waals surface area contributed by atoms with Crippen LogP contribution in [0.4, 0.5) is 5.82 Å². The van der Waals surface area contributed by atoms with Gasteiger partial charge in [0.25, 0.3) is 5.91 Å². The first-order chi connectivity index (χ1) is 12.5. The summed E-state index contributed by atoms with van der Waals surface area (Å²) in [5, 5.41) is 8.95. The number of hydrogen-bond donors (Lipinski definition) is 0. The molecule has 1 aliphatic rings. The largest absolute Gasteiger partial charge is 0.492 e. The Balaban J connectivity index is 1.65. The third-order valence-electron chi connectivity index (χ3n) is 4.60. The van der Waals surface area contributed by atoms with E-state index >= 15 is 0 Å². The molecule has 1 aliphatic heterocycles. The lowest BCUT2D eigenvalue weighted by molar-refractivity contribution is 0.0795. The second-order valence-electron chi connectivity index (χ2n) is 6.52. The van der Waals surface area contributed by atoms with Gasteiger partial charge in [-0.2, -0.15) is 5.26 Å². The topological polar surface area (TPSA) is 69.5 Å². The number of carbonyl (C=O) groups excluding carboxylic acids is 1. The monoisotopic (exact) mass is 350 g/mol. The number of nitrogens with zero attached hydrogens (tertiary/aromatic N) is 4. The van der Waals surface area contributed by atoms with Crippen LogP contribution < -0.4 is 9.64 Å². The molecular formula is C20H22N4O2. The number of pyridine rings is 1. The maximum absolute atomic E-state index is 12.8. The molecular weight excluding hydrogens is 328 g/mol. The molecule has 6 nitrogen and oxygen atoms in total. The van der Waals surface area contributed by atoms with Crippen molar-refractivity contribution in [3.05, 3.63) is 52.7 Å². The van der Waals surface area contributed by atoms with Crippen LogP contribution >= 0.6 is 0 Å². The minimum Gasteiger partial charge on any atom is -0.492 e. The van der Waals surface area contributed by atoms with E-state index in [1.54, 1.807) is 18.1 Å². The van der Waals surface area contributed by atoms with Gasteiger partial charge in [-0.25, -0.2) is 4.98 Å². The number of amides is 1. The highest BCUT2D eigenvalue weighted by Gasteiger charge is 2.22. The third kappa shape index (κ3) is 3.47. The molecule has 0 spiro atoms. The average molecular weight is 350 g/mol. The minimum atomic E-state index is -0.0401. The number of aromatic nitrogens is 1. The molecule has 0 aliphatic carbocycles. The van der Waals surface area contributed by atoms with Gasteiger partial charge in [0.05, 0.1) is 17.7 Å². The summed E-state index contributed by atoms with van der Waals surface area (Å²) in [7, 11) is 3.73. The fraction of sp³-hybridized carbons (Fsp3) is 0.350. The van der Waals surface area contributed by atoms with Crippen molar-refractivity contribution in [2.75, 3.05) is 38.7 Å². The lowest BCUT2D eigenvalue weighted by Crippen LogP contribution is -2.35. The van der Waals surface area contributed by atoms with E-state index in [1.807, 2.05) is 43.1 Å². The molecule has 2 heterocycles. The van der Waals surface area contributed by atoms with Gasteiger partial charge in [-0.1, -0.05) is 12.1 Å². The van der Waals surface area contributed by atoms with Crippen LogP contribution in [0.25, 0.3) is 0 Å². The number of nitriles is 1. The number of rotatable bonds is 5. The Bertz CT molecular complexity index is 873. The van der Waals surface area contributed by atoms with Crippen molar-refractivity contribution < 1.29 is 9.53 Å². The number of fused-ring (bicyclic) bond motifs is 1. The second kappa shape index (κ2) is 7.44. The number of anilines is 1. The maximum atomic E-state index is 12.8. The van der Waals surface area contributed by atoms with Crippen molar-refractivity contribution >= 4 is 11.7 Å². The highest BCUT2D eigenvalue weighted by atomic mass is 16.5. The molecule has 0 saturated carbocycles. The Kier molecular flexibility index (Phi) is 5.08. The van der Waals surface area contributed by atoms with Crippen molar-refractivity contribution in [3.8, 4) is 11.8 Å². The molecule has 1 aromatic carbocycles. The SMILES string of the molecule is Cc1cc(C#N)cnc1N(C)CCN(C)C(=O)c1cccc2c1OCC2. The van der Waals surface area contributed by atoms with Crippen LogP contribution in [0.5, 0.6) is 5.75 Å². The zero-order valence-corrected chi connectivity index (χ0v) is 15.3. The van der Waals surface area contributed by atoms with Crippen molar-refractivity contribution in [3.63, 3.8) is 0 Å². The Labute approximate surface area is 153 Å². The summed E-state index contributed by atoms with van der Waals surface area (Å²) in [4.78, 5) is 20.8. The standard InChI is InChI=1S/C20H22N4O2/c1-14-11-15(12-21)13-22-19(14)23(2)8-9-24(3)20(25)17-6-4-5-16-7-10-26-18(16)17/h4-6,11,13H,7-10H2,1-3H3. The molecule has 1 amide bonds. The molecule has 0 fully saturated rings. The van der Waals surface area contributed by atoms with Gasteiger partial charge in [-0.05, 0) is 30.2 Å². The van der Waals surface area contributed by atoms with Crippen molar-refractivity contribution in [2.45, 2.75) is 13.3 Å². The summed E-state index contributed by atoms with van der Waals surface area (Å²) in [5.41, 5.74) is 3.20. The Morgan fingerprint density at radius 1 is 1.35 bits per heavy atom. The third-order valence-corrected chi connectivity index (χ3v) is 4.60. The summed E-state index contributed by atoms with van der Waals surface area (Å²) in [6.45, 7) is 3.76. The predicted octanol–water partition coefficient (Wildman–Crippen LogP) is 2.41. The molecule has 1 aromatic heterocycles. The Morgan fingerprint density at radius 2 is 2.15 bits per heavy atom. The highest BCUT2D eigenvalue weighted by Crippen LogP contribution is 2.30. The molecule has 0 bridgehead atoms. The molecule has 134 valence electrons. The predicted molar refractivity (Wildman–Crippen MR) is 99.6 cm³/mol. The molecule has 3 rings (SSSR count). The van der Waals surface area contributed by atoms with Crippen LogP contribution in [0.3, 0.4) is 0 Å². The van der Waals surface area contributed by atoms with Gasteiger partial charge in [-0.15, -0.1) is 0 Å². The van der Waals surface area contributed by atoms with Crippen LogP contribution in [0.15, 0.2) is 30.5 Å². The lowest BCUT2D eigenvalue weighted by atomic mass is 10.1. The van der Waals surface area contributed by atoms with Crippen LogP contribution in [0.2, 0.25) is 0 Å². The van der Waals surface area contributed by atoms with Crippen LogP contribution in [0, 0.1) is 18.3 Å². The Morgan fingerprint density at radius 3 is 2.88 bits per heavy atom. The molecule has 0 unspecified atom stereocenters. The van der Waals surface area contributed by atoms with Gasteiger partial charge in [-0.3, -0.25) is 4.79 Å².